The fraction of sp³-hybridized carbons (Fsp3) is 0.353. The summed E-state index contributed by atoms with van der Waals surface area (Å²) in [6.07, 6.45) is 0. The third-order valence-electron chi connectivity index (χ3n) is 4.05. The van der Waals surface area contributed by atoms with Gasteiger partial charge in [0, 0.05) is 17.8 Å². The molecule has 4 heteroatoms. The van der Waals surface area contributed by atoms with Crippen molar-refractivity contribution in [1.29, 1.82) is 0 Å². The first kappa shape index (κ1) is 15.3. The number of nitrogens with two attached hydrogens (primary N) is 1. The zero-order chi connectivity index (χ0) is 15.6. The molecule has 0 bridgehead atoms. The minimum Gasteiger partial charge on any atom is -0.398 e. The lowest BCUT2D eigenvalue weighted by Crippen LogP contribution is -2.48. The molecule has 0 spiro atoms. The fourth-order valence-corrected chi connectivity index (χ4v) is 2.00. The number of hydrogen-bond donors (Lipinski definition) is 2. The lowest BCUT2D eigenvalue weighted by Gasteiger charge is -2.32. The van der Waals surface area contributed by atoms with Crippen molar-refractivity contribution in [1.82, 2.24) is 10.2 Å². The van der Waals surface area contributed by atoms with Crippen LogP contribution in [-0.4, -0.2) is 37.0 Å². The van der Waals surface area contributed by atoms with Crippen molar-refractivity contribution in [3.8, 4) is 0 Å². The fourth-order valence-electron chi connectivity index (χ4n) is 2.00. The summed E-state index contributed by atoms with van der Waals surface area (Å²) in [4.78, 5) is 14.4. The van der Waals surface area contributed by atoms with E-state index in [4.69, 9.17) is 5.73 Å². The predicted octanol–water partition coefficient (Wildman–Crippen LogP) is 2.49. The second kappa shape index (κ2) is 5.74. The van der Waals surface area contributed by atoms with Gasteiger partial charge in [0.1, 0.15) is 0 Å². The lowest BCUT2D eigenvalue weighted by molar-refractivity contribution is 0.0920. The Morgan fingerprint density at radius 3 is 2.33 bits per heavy atom. The molecule has 0 saturated heterocycles. The van der Waals surface area contributed by atoms with E-state index in [1.54, 1.807) is 0 Å². The van der Waals surface area contributed by atoms with E-state index in [-0.39, 0.29) is 11.4 Å². The molecule has 4 nitrogen and oxygen atoms in total. The van der Waals surface area contributed by atoms with Crippen LogP contribution in [0, 0.1) is 0 Å². The largest absolute Gasteiger partial charge is 0.398 e. The maximum absolute atomic E-state index is 12.4. The number of nitrogens with one attached hydrogen (secondary N) is 1. The molecule has 21 heavy (non-hydrogen) atoms. The lowest BCUT2D eigenvalue weighted by atomic mass is 10.0. The van der Waals surface area contributed by atoms with Gasteiger partial charge in [-0.2, -0.15) is 0 Å². The van der Waals surface area contributed by atoms with Gasteiger partial charge in [0.2, 0.25) is 0 Å². The van der Waals surface area contributed by atoms with Crippen LogP contribution in [0.4, 0.5) is 5.69 Å². The molecule has 0 aliphatic heterocycles. The molecule has 0 fully saturated rings. The maximum Gasteiger partial charge on any atom is 0.253 e. The number of likely N-dealkylation sites (N-methyl/N-ethyl adjacent to an activating group) is 1. The highest BCUT2D eigenvalue weighted by atomic mass is 16.1. The second-order valence-electron chi connectivity index (χ2n) is 6.18. The topological polar surface area (TPSA) is 58.4 Å². The Hall–Kier alpha value is -2.07. The summed E-state index contributed by atoms with van der Waals surface area (Å²) in [6, 6.07) is 11.6. The van der Waals surface area contributed by atoms with Gasteiger partial charge in [0.05, 0.1) is 5.56 Å². The van der Waals surface area contributed by atoms with Crippen LogP contribution in [0.2, 0.25) is 0 Å². The van der Waals surface area contributed by atoms with Crippen molar-refractivity contribution >= 4 is 22.4 Å². The van der Waals surface area contributed by atoms with E-state index in [1.807, 2.05) is 50.5 Å². The monoisotopic (exact) mass is 285 g/mol. The van der Waals surface area contributed by atoms with Crippen LogP contribution >= 0.6 is 0 Å². The van der Waals surface area contributed by atoms with Gasteiger partial charge in [-0.3, -0.25) is 4.79 Å². The predicted molar refractivity (Wildman–Crippen MR) is 88.5 cm³/mol. The van der Waals surface area contributed by atoms with Crippen molar-refractivity contribution in [2.75, 3.05) is 26.4 Å². The quantitative estimate of drug-likeness (QED) is 0.849. The molecule has 0 saturated carbocycles. The highest BCUT2D eigenvalue weighted by Crippen LogP contribution is 2.22. The molecule has 0 radical (unpaired) electrons. The van der Waals surface area contributed by atoms with Crippen LogP contribution < -0.4 is 11.1 Å². The normalized spacial score (nSPS) is 11.9. The standard InChI is InChI=1S/C17H23N3O/c1-17(2,20(3)4)11-19-16(21)14-9-12-7-5-6-8-13(12)10-15(14)18/h5-10H,11,18H2,1-4H3,(H,19,21). The van der Waals surface area contributed by atoms with Crippen molar-refractivity contribution in [3.63, 3.8) is 0 Å². The van der Waals surface area contributed by atoms with Crippen molar-refractivity contribution in [2.45, 2.75) is 19.4 Å². The molecule has 2 aromatic rings. The molecular formula is C17H23N3O. The number of rotatable bonds is 4. The smallest absolute Gasteiger partial charge is 0.253 e. The summed E-state index contributed by atoms with van der Waals surface area (Å²) in [5.41, 5.74) is 6.94. The number of anilines is 1. The van der Waals surface area contributed by atoms with Gasteiger partial charge in [0.15, 0.2) is 0 Å². The molecule has 2 aromatic carbocycles. The Morgan fingerprint density at radius 1 is 1.19 bits per heavy atom. The highest BCUT2D eigenvalue weighted by Gasteiger charge is 2.22. The molecule has 0 unspecified atom stereocenters. The molecule has 0 atom stereocenters. The van der Waals surface area contributed by atoms with Gasteiger partial charge in [-0.15, -0.1) is 0 Å². The molecule has 3 N–H and O–H groups in total. The summed E-state index contributed by atoms with van der Waals surface area (Å²) in [5, 5.41) is 5.02. The summed E-state index contributed by atoms with van der Waals surface area (Å²) >= 11 is 0. The van der Waals surface area contributed by atoms with Crippen molar-refractivity contribution < 1.29 is 4.79 Å². The molecular weight excluding hydrogens is 262 g/mol. The first-order valence-corrected chi connectivity index (χ1v) is 7.05. The zero-order valence-electron chi connectivity index (χ0n) is 13.1. The van der Waals surface area contributed by atoms with E-state index in [2.05, 4.69) is 24.1 Å². The molecule has 1 amide bonds. The number of nitrogen functional groups attached to an aromatic ring is 1. The first-order chi connectivity index (χ1) is 9.81. The third kappa shape index (κ3) is 3.34. The van der Waals surface area contributed by atoms with Gasteiger partial charge in [-0.25, -0.2) is 0 Å². The number of carbonyl (C=O) groups is 1. The molecule has 0 aliphatic carbocycles. The van der Waals surface area contributed by atoms with E-state index < -0.39 is 0 Å². The van der Waals surface area contributed by atoms with E-state index in [0.717, 1.165) is 10.8 Å². The number of fused-ring (bicyclic) bond motifs is 1. The van der Waals surface area contributed by atoms with Crippen LogP contribution in [0.15, 0.2) is 36.4 Å². The van der Waals surface area contributed by atoms with Crippen molar-refractivity contribution in [3.05, 3.63) is 42.0 Å². The SMILES string of the molecule is CN(C)C(C)(C)CNC(=O)c1cc2ccccc2cc1N. The average Bonchev–Trinajstić information content (AvgIpc) is 2.44. The third-order valence-corrected chi connectivity index (χ3v) is 4.05. The van der Waals surface area contributed by atoms with Crippen LogP contribution in [0.3, 0.4) is 0 Å². The highest BCUT2D eigenvalue weighted by molar-refractivity contribution is 6.03. The molecule has 0 aromatic heterocycles. The number of amides is 1. The minimum absolute atomic E-state index is 0.110. The summed E-state index contributed by atoms with van der Waals surface area (Å²) in [5.74, 6) is -0.131. The Balaban J connectivity index is 2.21. The van der Waals surface area contributed by atoms with Crippen molar-refractivity contribution in [2.24, 2.45) is 0 Å². The van der Waals surface area contributed by atoms with Gasteiger partial charge in [0.25, 0.3) is 5.91 Å². The number of benzene rings is 2. The summed E-state index contributed by atoms with van der Waals surface area (Å²) < 4.78 is 0. The number of hydrogen-bond acceptors (Lipinski definition) is 3. The molecule has 0 aliphatic rings. The van der Waals surface area contributed by atoms with E-state index in [0.29, 0.717) is 17.8 Å². The van der Waals surface area contributed by atoms with Gasteiger partial charge >= 0.3 is 0 Å². The van der Waals surface area contributed by atoms with Crippen LogP contribution in [0.5, 0.6) is 0 Å². The van der Waals surface area contributed by atoms with Gasteiger partial charge < -0.3 is 16.0 Å². The van der Waals surface area contributed by atoms with Crippen LogP contribution in [-0.2, 0) is 0 Å². The van der Waals surface area contributed by atoms with Crippen LogP contribution in [0.25, 0.3) is 10.8 Å². The number of carbonyl (C=O) groups excluding carboxylic acids is 1. The second-order valence-corrected chi connectivity index (χ2v) is 6.18. The zero-order valence-corrected chi connectivity index (χ0v) is 13.1. The Labute approximate surface area is 125 Å². The Morgan fingerprint density at radius 2 is 1.76 bits per heavy atom. The van der Waals surface area contributed by atoms with Gasteiger partial charge in [-0.1, -0.05) is 24.3 Å². The van der Waals surface area contributed by atoms with Gasteiger partial charge in [-0.05, 0) is 50.8 Å². The Kier molecular flexibility index (Phi) is 4.19. The molecule has 112 valence electrons. The maximum atomic E-state index is 12.4. The van der Waals surface area contributed by atoms with Crippen LogP contribution in [0.1, 0.15) is 24.2 Å². The molecule has 0 heterocycles. The first-order valence-electron chi connectivity index (χ1n) is 7.05. The minimum atomic E-state index is -0.131. The summed E-state index contributed by atoms with van der Waals surface area (Å²) in [7, 11) is 3.99. The molecule has 2 rings (SSSR count). The summed E-state index contributed by atoms with van der Waals surface area (Å²) in [6.45, 7) is 4.72. The van der Waals surface area contributed by atoms with E-state index >= 15 is 0 Å². The van der Waals surface area contributed by atoms with E-state index in [9.17, 15) is 4.79 Å². The van der Waals surface area contributed by atoms with E-state index in [1.165, 1.54) is 0 Å². The number of nitrogens with zero attached hydrogens (tertiary/aromatic N) is 1. The Bertz CT molecular complexity index is 662. The average molecular weight is 285 g/mol.